The Morgan fingerprint density at radius 3 is 2.74 bits per heavy atom. The largest absolute Gasteiger partial charge is 0.315 e. The molecule has 2 heterocycles. The van der Waals surface area contributed by atoms with Gasteiger partial charge in [-0.1, -0.05) is 17.7 Å². The van der Waals surface area contributed by atoms with Crippen LogP contribution < -0.4 is 10.5 Å². The third-order valence-corrected chi connectivity index (χ3v) is 6.50. The number of amides is 1. The van der Waals surface area contributed by atoms with Crippen molar-refractivity contribution in [1.82, 2.24) is 9.55 Å². The number of fused-ring (bicyclic) bond motifs is 3. The summed E-state index contributed by atoms with van der Waals surface area (Å²) < 4.78 is 1.59. The molecule has 0 fully saturated rings. The molecule has 0 spiro atoms. The molecule has 0 radical (unpaired) electrons. The summed E-state index contributed by atoms with van der Waals surface area (Å²) >= 11 is 1.65. The maximum Gasteiger partial charge on any atom is 0.262 e. The molecule has 0 atom stereocenters. The Hall–Kier alpha value is -2.47. The quantitative estimate of drug-likeness (QED) is 0.692. The normalized spacial score (nSPS) is 13.6. The average molecular weight is 382 g/mol. The predicted octanol–water partition coefficient (Wildman–Crippen LogP) is 3.70. The van der Waals surface area contributed by atoms with Crippen molar-refractivity contribution in [2.24, 2.45) is 0 Å². The number of nitrogens with zero attached hydrogens (tertiary/aromatic N) is 3. The summed E-state index contributed by atoms with van der Waals surface area (Å²) in [6.45, 7) is 2.37. The molecule has 0 bridgehead atoms. The third-order valence-electron chi connectivity index (χ3n) is 5.30. The Morgan fingerprint density at radius 1 is 1.22 bits per heavy atom. The van der Waals surface area contributed by atoms with Crippen LogP contribution in [0.1, 0.15) is 35.3 Å². The van der Waals surface area contributed by atoms with E-state index >= 15 is 0 Å². The van der Waals surface area contributed by atoms with Crippen molar-refractivity contribution in [2.45, 2.75) is 45.6 Å². The van der Waals surface area contributed by atoms with E-state index in [2.05, 4.69) is 4.98 Å². The first kappa shape index (κ1) is 17.9. The Kier molecular flexibility index (Phi) is 4.83. The zero-order chi connectivity index (χ0) is 19.0. The number of hydrogen-bond acceptors (Lipinski definition) is 4. The first-order valence-electron chi connectivity index (χ1n) is 9.37. The molecule has 0 aliphatic heterocycles. The van der Waals surface area contributed by atoms with Crippen LogP contribution in [0.3, 0.4) is 0 Å². The number of anilines is 1. The van der Waals surface area contributed by atoms with Crippen LogP contribution in [0.25, 0.3) is 10.2 Å². The molecule has 6 heteroatoms. The van der Waals surface area contributed by atoms with Gasteiger partial charge in [0.1, 0.15) is 4.83 Å². The second kappa shape index (κ2) is 7.27. The van der Waals surface area contributed by atoms with Gasteiger partial charge in [0.25, 0.3) is 5.56 Å². The van der Waals surface area contributed by atoms with Gasteiger partial charge in [0.05, 0.1) is 11.7 Å². The van der Waals surface area contributed by atoms with Crippen molar-refractivity contribution in [3.63, 3.8) is 0 Å². The van der Waals surface area contributed by atoms with Gasteiger partial charge in [0, 0.05) is 30.6 Å². The maximum absolute atomic E-state index is 13.0. The molecule has 27 heavy (non-hydrogen) atoms. The van der Waals surface area contributed by atoms with Gasteiger partial charge in [-0.15, -0.1) is 11.3 Å². The fraction of sp³-hybridized carbons (Fsp3) is 0.381. The van der Waals surface area contributed by atoms with Crippen molar-refractivity contribution in [1.29, 1.82) is 0 Å². The second-order valence-corrected chi connectivity index (χ2v) is 8.26. The molecule has 0 unspecified atom stereocenters. The van der Waals surface area contributed by atoms with E-state index in [0.29, 0.717) is 6.54 Å². The number of aromatic nitrogens is 2. The first-order valence-corrected chi connectivity index (χ1v) is 10.2. The summed E-state index contributed by atoms with van der Waals surface area (Å²) in [5.74, 6) is -0.0156. The number of thiophene rings is 1. The molecule has 2 aromatic heterocycles. The van der Waals surface area contributed by atoms with Gasteiger partial charge < -0.3 is 4.90 Å². The Bertz CT molecular complexity index is 1050. The second-order valence-electron chi connectivity index (χ2n) is 7.17. The molecule has 5 nitrogen and oxygen atoms in total. The highest BCUT2D eigenvalue weighted by molar-refractivity contribution is 7.18. The monoisotopic (exact) mass is 381 g/mol. The van der Waals surface area contributed by atoms with E-state index in [4.69, 9.17) is 0 Å². The van der Waals surface area contributed by atoms with Crippen LogP contribution in [0.15, 0.2) is 35.4 Å². The van der Waals surface area contributed by atoms with Crippen LogP contribution >= 0.6 is 11.3 Å². The van der Waals surface area contributed by atoms with Crippen molar-refractivity contribution in [2.75, 3.05) is 11.9 Å². The van der Waals surface area contributed by atoms with E-state index in [-0.39, 0.29) is 17.9 Å². The Balaban J connectivity index is 1.53. The van der Waals surface area contributed by atoms with Crippen molar-refractivity contribution in [3.8, 4) is 0 Å². The zero-order valence-electron chi connectivity index (χ0n) is 15.7. The number of rotatable bonds is 4. The average Bonchev–Trinajstić information content (AvgIpc) is 3.06. The first-order chi connectivity index (χ1) is 13.0. The molecule has 1 aromatic carbocycles. The molecular weight excluding hydrogens is 358 g/mol. The van der Waals surface area contributed by atoms with Crippen molar-refractivity contribution < 1.29 is 4.79 Å². The van der Waals surface area contributed by atoms with E-state index in [1.54, 1.807) is 34.2 Å². The molecule has 0 saturated carbocycles. The summed E-state index contributed by atoms with van der Waals surface area (Å²) in [6.07, 6.45) is 6.19. The fourth-order valence-electron chi connectivity index (χ4n) is 3.64. The van der Waals surface area contributed by atoms with E-state index in [9.17, 15) is 9.59 Å². The molecule has 1 aliphatic rings. The molecule has 4 rings (SSSR count). The zero-order valence-corrected chi connectivity index (χ0v) is 16.5. The number of benzene rings is 1. The summed E-state index contributed by atoms with van der Waals surface area (Å²) in [4.78, 5) is 33.8. The number of carbonyl (C=O) groups excluding carboxylic acids is 1. The van der Waals surface area contributed by atoms with Gasteiger partial charge >= 0.3 is 0 Å². The van der Waals surface area contributed by atoms with Crippen LogP contribution in [-0.2, 0) is 24.2 Å². The van der Waals surface area contributed by atoms with E-state index < -0.39 is 0 Å². The molecule has 0 N–H and O–H groups in total. The molecule has 3 aromatic rings. The van der Waals surface area contributed by atoms with Crippen LogP contribution in [0.2, 0.25) is 0 Å². The van der Waals surface area contributed by atoms with Crippen LogP contribution in [0, 0.1) is 6.92 Å². The highest BCUT2D eigenvalue weighted by Gasteiger charge is 2.20. The fourth-order valence-corrected chi connectivity index (χ4v) is 4.86. The maximum atomic E-state index is 13.0. The lowest BCUT2D eigenvalue weighted by Crippen LogP contribution is -2.29. The van der Waals surface area contributed by atoms with Crippen molar-refractivity contribution in [3.05, 3.63) is 57.0 Å². The molecule has 140 valence electrons. The highest BCUT2D eigenvalue weighted by Crippen LogP contribution is 2.33. The molecule has 0 saturated heterocycles. The van der Waals surface area contributed by atoms with Gasteiger partial charge in [0.15, 0.2) is 0 Å². The highest BCUT2D eigenvalue weighted by atomic mass is 32.1. The molecule has 1 aliphatic carbocycles. The lowest BCUT2D eigenvalue weighted by atomic mass is 9.97. The van der Waals surface area contributed by atoms with Gasteiger partial charge in [-0.05, 0) is 50.3 Å². The summed E-state index contributed by atoms with van der Waals surface area (Å²) in [7, 11) is 1.77. The van der Waals surface area contributed by atoms with Gasteiger partial charge in [-0.2, -0.15) is 0 Å². The summed E-state index contributed by atoms with van der Waals surface area (Å²) in [5, 5.41) is 0.775. The smallest absolute Gasteiger partial charge is 0.262 e. The van der Waals surface area contributed by atoms with Crippen LogP contribution in [0.4, 0.5) is 5.69 Å². The third kappa shape index (κ3) is 3.41. The number of hydrogen-bond donors (Lipinski definition) is 0. The molecular formula is C21H23N3O2S. The number of carbonyl (C=O) groups is 1. The predicted molar refractivity (Wildman–Crippen MR) is 110 cm³/mol. The minimum absolute atomic E-state index is 0.00908. The number of aryl methyl sites for hydroxylation is 4. The lowest BCUT2D eigenvalue weighted by Gasteiger charge is -2.18. The summed E-state index contributed by atoms with van der Waals surface area (Å²) in [6, 6.07) is 7.84. The minimum atomic E-state index is -0.0156. The summed E-state index contributed by atoms with van der Waals surface area (Å²) in [5.41, 5.74) is 3.20. The van der Waals surface area contributed by atoms with Crippen LogP contribution in [-0.4, -0.2) is 22.5 Å². The van der Waals surface area contributed by atoms with Gasteiger partial charge in [-0.25, -0.2) is 4.98 Å². The van der Waals surface area contributed by atoms with Gasteiger partial charge in [-0.3, -0.25) is 14.2 Å². The van der Waals surface area contributed by atoms with E-state index in [0.717, 1.165) is 40.7 Å². The topological polar surface area (TPSA) is 55.2 Å². The Morgan fingerprint density at radius 2 is 1.96 bits per heavy atom. The van der Waals surface area contributed by atoms with E-state index in [1.807, 2.05) is 31.2 Å². The SMILES string of the molecule is Cc1ccc(N(C)C(=O)CCn2cnc3sc4c(c3c2=O)CCCC4)cc1. The minimum Gasteiger partial charge on any atom is -0.315 e. The molecule has 1 amide bonds. The lowest BCUT2D eigenvalue weighted by molar-refractivity contribution is -0.118. The van der Waals surface area contributed by atoms with Gasteiger partial charge in [0.2, 0.25) is 5.91 Å². The van der Waals surface area contributed by atoms with Crippen molar-refractivity contribution >= 4 is 33.1 Å². The van der Waals surface area contributed by atoms with E-state index in [1.165, 1.54) is 16.9 Å². The Labute approximate surface area is 162 Å². The van der Waals surface area contributed by atoms with Crippen LogP contribution in [0.5, 0.6) is 0 Å². The standard InChI is InChI=1S/C21H23N3O2S/c1-14-7-9-15(10-8-14)23(2)18(25)11-12-24-13-22-20-19(21(24)26)16-5-3-4-6-17(16)27-20/h7-10,13H,3-6,11-12H2,1-2H3.